The zero-order valence-corrected chi connectivity index (χ0v) is 41.1. The summed E-state index contributed by atoms with van der Waals surface area (Å²) in [5.41, 5.74) is 0. The van der Waals surface area contributed by atoms with Gasteiger partial charge in [-0.1, -0.05) is 202 Å². The quantitative estimate of drug-likeness (QED) is 0.0262. The highest BCUT2D eigenvalue weighted by atomic mass is 16.6. The Bertz CT molecular complexity index is 1240. The number of hydrogen-bond acceptors (Lipinski definition) is 6. The van der Waals surface area contributed by atoms with Crippen molar-refractivity contribution in [2.75, 3.05) is 13.2 Å². The normalized spacial score (nSPS) is 12.7. The number of hydrogen-bond donors (Lipinski definition) is 0. The molecule has 0 saturated heterocycles. The van der Waals surface area contributed by atoms with Gasteiger partial charge in [0.15, 0.2) is 6.10 Å². The molecular formula is C57H96O6. The Morgan fingerprint density at radius 1 is 0.333 bits per heavy atom. The number of allylic oxidation sites excluding steroid dienone is 14. The molecule has 0 amide bonds. The molecule has 0 saturated carbocycles. The summed E-state index contributed by atoms with van der Waals surface area (Å²) >= 11 is 0. The number of carbonyl (C=O) groups is 3. The third-order valence-electron chi connectivity index (χ3n) is 10.8. The molecule has 6 heteroatoms. The van der Waals surface area contributed by atoms with Gasteiger partial charge in [0.25, 0.3) is 0 Å². The Balaban J connectivity index is 4.44. The number of carbonyl (C=O) groups excluding carboxylic acids is 3. The molecule has 63 heavy (non-hydrogen) atoms. The molecule has 0 aliphatic rings. The van der Waals surface area contributed by atoms with Gasteiger partial charge in [-0.05, 0) is 103 Å². The first-order valence-corrected chi connectivity index (χ1v) is 26.1. The first kappa shape index (κ1) is 59.6. The molecule has 1 atom stereocenters. The fourth-order valence-electron chi connectivity index (χ4n) is 6.94. The number of ether oxygens (including phenoxy) is 3. The molecule has 0 fully saturated rings. The van der Waals surface area contributed by atoms with Gasteiger partial charge < -0.3 is 14.2 Å². The van der Waals surface area contributed by atoms with E-state index >= 15 is 0 Å². The molecule has 0 rings (SSSR count). The van der Waals surface area contributed by atoms with Gasteiger partial charge >= 0.3 is 17.9 Å². The molecule has 0 spiro atoms. The average molecular weight is 877 g/mol. The molecule has 360 valence electrons. The minimum atomic E-state index is -0.810. The maximum absolute atomic E-state index is 12.8. The van der Waals surface area contributed by atoms with Gasteiger partial charge in [-0.15, -0.1) is 0 Å². The third kappa shape index (κ3) is 49.5. The average Bonchev–Trinajstić information content (AvgIpc) is 3.28. The van der Waals surface area contributed by atoms with Crippen LogP contribution in [-0.4, -0.2) is 37.2 Å². The van der Waals surface area contributed by atoms with Crippen LogP contribution in [0.2, 0.25) is 0 Å². The van der Waals surface area contributed by atoms with E-state index in [1.165, 1.54) is 96.3 Å². The maximum atomic E-state index is 12.8. The molecule has 1 unspecified atom stereocenters. The molecular weight excluding hydrogens is 781 g/mol. The number of unbranched alkanes of at least 4 members (excludes halogenated alkanes) is 21. The summed E-state index contributed by atoms with van der Waals surface area (Å²) in [5, 5.41) is 0. The zero-order chi connectivity index (χ0) is 45.8. The lowest BCUT2D eigenvalue weighted by atomic mass is 10.1. The lowest BCUT2D eigenvalue weighted by Crippen LogP contribution is -2.30. The fourth-order valence-corrected chi connectivity index (χ4v) is 6.94. The van der Waals surface area contributed by atoms with Crippen LogP contribution in [0.15, 0.2) is 85.1 Å². The standard InChI is InChI=1S/C57H96O6/c1-4-7-10-13-16-19-22-24-26-28-30-31-33-35-38-41-44-47-50-56(59)62-53-54(52-61-55(58)49-46-43-40-37-21-18-15-12-9-6-3)63-57(60)51-48-45-42-39-36-34-32-29-27-25-23-20-17-14-11-8-5-2/h8,11-12,15,17,20,25-28,32,34,39,42,54H,4-7,9-10,13-14,16,18-19,21-24,29-31,33,35-38,40-41,43-53H2,1-3H3/b11-8-,15-12-,20-17-,27-25-,28-26-,34-32-,42-39-. The van der Waals surface area contributed by atoms with Crippen molar-refractivity contribution in [1.29, 1.82) is 0 Å². The second kappa shape index (κ2) is 51.2. The first-order chi connectivity index (χ1) is 31.0. The fraction of sp³-hybridized carbons (Fsp3) is 0.702. The molecule has 0 heterocycles. The third-order valence-corrected chi connectivity index (χ3v) is 10.8. The summed E-state index contributed by atoms with van der Waals surface area (Å²) in [6, 6.07) is 0. The van der Waals surface area contributed by atoms with E-state index in [1.807, 2.05) is 0 Å². The van der Waals surface area contributed by atoms with Crippen molar-refractivity contribution in [2.45, 2.75) is 245 Å². The van der Waals surface area contributed by atoms with Crippen LogP contribution >= 0.6 is 0 Å². The summed E-state index contributed by atoms with van der Waals surface area (Å²) < 4.78 is 16.7. The van der Waals surface area contributed by atoms with Crippen LogP contribution in [0, 0.1) is 0 Å². The van der Waals surface area contributed by atoms with Gasteiger partial charge in [0.05, 0.1) is 0 Å². The summed E-state index contributed by atoms with van der Waals surface area (Å²) in [5.74, 6) is -0.980. The van der Waals surface area contributed by atoms with Crippen molar-refractivity contribution in [3.8, 4) is 0 Å². The Morgan fingerprint density at radius 2 is 0.667 bits per heavy atom. The smallest absolute Gasteiger partial charge is 0.306 e. The van der Waals surface area contributed by atoms with Gasteiger partial charge in [0.2, 0.25) is 0 Å². The summed E-state index contributed by atoms with van der Waals surface area (Å²) in [6.07, 6.45) is 65.8. The van der Waals surface area contributed by atoms with E-state index in [4.69, 9.17) is 14.2 Å². The summed E-state index contributed by atoms with van der Waals surface area (Å²) in [4.78, 5) is 37.9. The Morgan fingerprint density at radius 3 is 1.10 bits per heavy atom. The van der Waals surface area contributed by atoms with E-state index in [0.29, 0.717) is 19.3 Å². The summed E-state index contributed by atoms with van der Waals surface area (Å²) in [7, 11) is 0. The van der Waals surface area contributed by atoms with Crippen molar-refractivity contribution in [3.05, 3.63) is 85.1 Å². The Kier molecular flexibility index (Phi) is 48.5. The van der Waals surface area contributed by atoms with Gasteiger partial charge in [0, 0.05) is 19.3 Å². The van der Waals surface area contributed by atoms with Crippen molar-refractivity contribution >= 4 is 17.9 Å². The van der Waals surface area contributed by atoms with Gasteiger partial charge in [-0.2, -0.15) is 0 Å². The highest BCUT2D eigenvalue weighted by Gasteiger charge is 2.19. The van der Waals surface area contributed by atoms with Crippen molar-refractivity contribution in [2.24, 2.45) is 0 Å². The van der Waals surface area contributed by atoms with E-state index in [0.717, 1.165) is 96.3 Å². The lowest BCUT2D eigenvalue weighted by Gasteiger charge is -2.18. The largest absolute Gasteiger partial charge is 0.462 e. The highest BCUT2D eigenvalue weighted by Crippen LogP contribution is 2.14. The van der Waals surface area contributed by atoms with E-state index in [-0.39, 0.29) is 37.5 Å². The van der Waals surface area contributed by atoms with E-state index in [9.17, 15) is 14.4 Å². The number of rotatable bonds is 46. The minimum absolute atomic E-state index is 0.104. The SMILES string of the molecule is CC/C=C\C/C=C\C/C=C\C/C=C\C/C=C\CCCC(=O)OC(COC(=O)CCCCCCC/C=C\CCC)COC(=O)CCCCCCCCC/C=C\CCCCCCCCC. The monoisotopic (exact) mass is 877 g/mol. The van der Waals surface area contributed by atoms with Crippen LogP contribution in [-0.2, 0) is 28.6 Å². The molecule has 0 aromatic heterocycles. The van der Waals surface area contributed by atoms with E-state index in [1.54, 1.807) is 0 Å². The van der Waals surface area contributed by atoms with E-state index < -0.39 is 6.10 Å². The van der Waals surface area contributed by atoms with Crippen LogP contribution < -0.4 is 0 Å². The second-order valence-electron chi connectivity index (χ2n) is 17.0. The lowest BCUT2D eigenvalue weighted by molar-refractivity contribution is -0.167. The maximum Gasteiger partial charge on any atom is 0.306 e. The van der Waals surface area contributed by atoms with Crippen LogP contribution in [0.4, 0.5) is 0 Å². The second-order valence-corrected chi connectivity index (χ2v) is 17.0. The molecule has 0 aromatic rings. The van der Waals surface area contributed by atoms with Crippen LogP contribution in [0.25, 0.3) is 0 Å². The molecule has 6 nitrogen and oxygen atoms in total. The van der Waals surface area contributed by atoms with Gasteiger partial charge in [-0.3, -0.25) is 14.4 Å². The predicted octanol–water partition coefficient (Wildman–Crippen LogP) is 17.2. The first-order valence-electron chi connectivity index (χ1n) is 26.1. The molecule has 0 N–H and O–H groups in total. The zero-order valence-electron chi connectivity index (χ0n) is 41.1. The Hall–Kier alpha value is -3.41. The molecule has 0 aliphatic carbocycles. The molecule has 0 bridgehead atoms. The highest BCUT2D eigenvalue weighted by molar-refractivity contribution is 5.71. The van der Waals surface area contributed by atoms with Crippen molar-refractivity contribution in [1.82, 2.24) is 0 Å². The Labute approximate surface area is 388 Å². The topological polar surface area (TPSA) is 78.9 Å². The van der Waals surface area contributed by atoms with Gasteiger partial charge in [0.1, 0.15) is 13.2 Å². The van der Waals surface area contributed by atoms with Crippen molar-refractivity contribution < 1.29 is 28.6 Å². The van der Waals surface area contributed by atoms with Crippen molar-refractivity contribution in [3.63, 3.8) is 0 Å². The van der Waals surface area contributed by atoms with E-state index in [2.05, 4.69) is 106 Å². The van der Waals surface area contributed by atoms with Crippen LogP contribution in [0.3, 0.4) is 0 Å². The molecule has 0 radical (unpaired) electrons. The number of esters is 3. The minimum Gasteiger partial charge on any atom is -0.462 e. The molecule has 0 aromatic carbocycles. The predicted molar refractivity (Wildman–Crippen MR) is 270 cm³/mol. The van der Waals surface area contributed by atoms with Gasteiger partial charge in [-0.25, -0.2) is 0 Å². The molecule has 0 aliphatic heterocycles. The van der Waals surface area contributed by atoms with Crippen LogP contribution in [0.1, 0.15) is 239 Å². The summed E-state index contributed by atoms with van der Waals surface area (Å²) in [6.45, 7) is 6.40. The van der Waals surface area contributed by atoms with Crippen LogP contribution in [0.5, 0.6) is 0 Å².